The van der Waals surface area contributed by atoms with Crippen LogP contribution in [0.4, 0.5) is 5.69 Å². The van der Waals surface area contributed by atoms with E-state index in [0.29, 0.717) is 49.4 Å². The lowest BCUT2D eigenvalue weighted by molar-refractivity contribution is -0.133. The number of benzene rings is 2. The Hall–Kier alpha value is -3.19. The largest absolute Gasteiger partial charge is 0.492 e. The minimum Gasteiger partial charge on any atom is -0.492 e. The van der Waals surface area contributed by atoms with E-state index < -0.39 is 21.4 Å². The molecule has 1 aliphatic carbocycles. The van der Waals surface area contributed by atoms with Gasteiger partial charge in [-0.25, -0.2) is 8.42 Å². The fourth-order valence-corrected chi connectivity index (χ4v) is 7.09. The number of nitrogens with one attached hydrogen (secondary N) is 2. The number of para-hydroxylation sites is 1. The molecule has 2 amide bonds. The van der Waals surface area contributed by atoms with Crippen LogP contribution in [0.5, 0.6) is 5.75 Å². The lowest BCUT2D eigenvalue weighted by Gasteiger charge is -2.39. The molecule has 2 aromatic carbocycles. The van der Waals surface area contributed by atoms with Crippen LogP contribution in [-0.4, -0.2) is 101 Å². The van der Waals surface area contributed by atoms with Crippen molar-refractivity contribution in [2.45, 2.75) is 55.0 Å². The summed E-state index contributed by atoms with van der Waals surface area (Å²) in [7, 11) is -3.48. The van der Waals surface area contributed by atoms with Gasteiger partial charge in [-0.15, -0.1) is 12.4 Å². The summed E-state index contributed by atoms with van der Waals surface area (Å²) < 4.78 is 35.8. The fourth-order valence-electron chi connectivity index (χ4n) is 6.18. The van der Waals surface area contributed by atoms with Crippen LogP contribution in [0.1, 0.15) is 48.9 Å². The van der Waals surface area contributed by atoms with Gasteiger partial charge in [-0.2, -0.15) is 0 Å². The molecule has 1 saturated carbocycles. The maximum absolute atomic E-state index is 13.7. The van der Waals surface area contributed by atoms with Crippen molar-refractivity contribution in [1.82, 2.24) is 15.5 Å². The SMILES string of the molecule is CS(=O)(=O)c1ccccc1N1CCC(NC(=O)C2(NC(=O)c3ccc(OCCN4CCOCC4)cc3)CCCCC2)C(=O)C1.Cl. The molecule has 3 fully saturated rings. The van der Waals surface area contributed by atoms with Crippen LogP contribution in [0.15, 0.2) is 53.4 Å². The average Bonchev–Trinajstić information content (AvgIpc) is 3.03. The highest BCUT2D eigenvalue weighted by Crippen LogP contribution is 2.31. The van der Waals surface area contributed by atoms with E-state index >= 15 is 0 Å². The summed E-state index contributed by atoms with van der Waals surface area (Å²) >= 11 is 0. The number of sulfone groups is 1. The Morgan fingerprint density at radius 1 is 1.00 bits per heavy atom. The molecule has 246 valence electrons. The maximum atomic E-state index is 13.7. The highest BCUT2D eigenvalue weighted by atomic mass is 35.5. The highest BCUT2D eigenvalue weighted by molar-refractivity contribution is 7.90. The molecular formula is C32H43ClN4O7S. The number of ether oxygens (including phenoxy) is 2. The molecule has 3 aliphatic rings. The predicted octanol–water partition coefficient (Wildman–Crippen LogP) is 2.62. The zero-order valence-electron chi connectivity index (χ0n) is 25.7. The monoisotopic (exact) mass is 662 g/mol. The summed E-state index contributed by atoms with van der Waals surface area (Å²) in [5.41, 5.74) is -0.196. The van der Waals surface area contributed by atoms with Gasteiger partial charge < -0.3 is 25.0 Å². The lowest BCUT2D eigenvalue weighted by atomic mass is 9.80. The molecule has 2 aliphatic heterocycles. The normalized spacial score (nSPS) is 20.5. The van der Waals surface area contributed by atoms with Crippen molar-refractivity contribution in [2.24, 2.45) is 0 Å². The number of halogens is 1. The van der Waals surface area contributed by atoms with Crippen LogP contribution in [-0.2, 0) is 24.2 Å². The van der Waals surface area contributed by atoms with Crippen molar-refractivity contribution in [3.63, 3.8) is 0 Å². The highest BCUT2D eigenvalue weighted by Gasteiger charge is 2.43. The Kier molecular flexibility index (Phi) is 11.9. The Balaban J connectivity index is 0.00000461. The first-order valence-electron chi connectivity index (χ1n) is 15.4. The summed E-state index contributed by atoms with van der Waals surface area (Å²) in [5, 5.41) is 5.95. The molecule has 2 N–H and O–H groups in total. The Labute approximate surface area is 271 Å². The number of carbonyl (C=O) groups excluding carboxylic acids is 3. The van der Waals surface area contributed by atoms with Gasteiger partial charge >= 0.3 is 0 Å². The van der Waals surface area contributed by atoms with Crippen molar-refractivity contribution in [3.8, 4) is 5.75 Å². The van der Waals surface area contributed by atoms with Gasteiger partial charge in [0.05, 0.1) is 36.4 Å². The van der Waals surface area contributed by atoms with Crippen molar-refractivity contribution in [3.05, 3.63) is 54.1 Å². The molecule has 11 nitrogen and oxygen atoms in total. The van der Waals surface area contributed by atoms with Crippen molar-refractivity contribution >= 4 is 45.5 Å². The van der Waals surface area contributed by atoms with E-state index in [1.165, 1.54) is 6.07 Å². The van der Waals surface area contributed by atoms with Crippen molar-refractivity contribution in [1.29, 1.82) is 0 Å². The third-order valence-electron chi connectivity index (χ3n) is 8.72. The van der Waals surface area contributed by atoms with Gasteiger partial charge in [0.25, 0.3) is 5.91 Å². The molecule has 0 aromatic heterocycles. The molecule has 2 aromatic rings. The minimum atomic E-state index is -3.48. The van der Waals surface area contributed by atoms with E-state index in [9.17, 15) is 22.8 Å². The second kappa shape index (κ2) is 15.4. The topological polar surface area (TPSA) is 134 Å². The molecule has 0 bridgehead atoms. The summed E-state index contributed by atoms with van der Waals surface area (Å²) in [6.45, 7) is 5.00. The third-order valence-corrected chi connectivity index (χ3v) is 9.87. The van der Waals surface area contributed by atoms with Crippen LogP contribution in [0.25, 0.3) is 0 Å². The number of carbonyl (C=O) groups is 3. The van der Waals surface area contributed by atoms with E-state index in [0.717, 1.165) is 58.4 Å². The van der Waals surface area contributed by atoms with Gasteiger partial charge in [-0.05, 0) is 55.7 Å². The molecule has 1 atom stereocenters. The van der Waals surface area contributed by atoms with Crippen molar-refractivity contribution < 1.29 is 32.3 Å². The maximum Gasteiger partial charge on any atom is 0.252 e. The third kappa shape index (κ3) is 8.75. The van der Waals surface area contributed by atoms with E-state index in [1.54, 1.807) is 47.4 Å². The van der Waals surface area contributed by atoms with E-state index in [4.69, 9.17) is 9.47 Å². The van der Waals surface area contributed by atoms with Gasteiger partial charge in [0.1, 0.15) is 17.9 Å². The van der Waals surface area contributed by atoms with Crippen LogP contribution in [0.2, 0.25) is 0 Å². The number of hydrogen-bond donors (Lipinski definition) is 2. The first-order chi connectivity index (χ1) is 21.1. The van der Waals surface area contributed by atoms with E-state index in [2.05, 4.69) is 15.5 Å². The molecule has 13 heteroatoms. The quantitative estimate of drug-likeness (QED) is 0.394. The van der Waals surface area contributed by atoms with Crippen LogP contribution in [0, 0.1) is 0 Å². The number of anilines is 1. The number of Topliss-reactive ketones (excluding diaryl/α,β-unsaturated/α-hetero) is 1. The Morgan fingerprint density at radius 2 is 1.69 bits per heavy atom. The summed E-state index contributed by atoms with van der Waals surface area (Å²) in [5.74, 6) is -0.226. The molecule has 2 saturated heterocycles. The Bertz CT molecular complexity index is 1440. The number of rotatable bonds is 10. The summed E-state index contributed by atoms with van der Waals surface area (Å²) in [4.78, 5) is 44.5. The average molecular weight is 663 g/mol. The molecule has 0 spiro atoms. The van der Waals surface area contributed by atoms with E-state index in [1.807, 2.05) is 0 Å². The first kappa shape index (κ1) is 34.7. The second-order valence-corrected chi connectivity index (χ2v) is 13.9. The number of hydrogen-bond acceptors (Lipinski definition) is 9. The van der Waals surface area contributed by atoms with Gasteiger partial charge in [-0.1, -0.05) is 31.4 Å². The molecule has 45 heavy (non-hydrogen) atoms. The van der Waals surface area contributed by atoms with Gasteiger partial charge in [0, 0.05) is 38.0 Å². The zero-order valence-corrected chi connectivity index (χ0v) is 27.3. The van der Waals surface area contributed by atoms with E-state index in [-0.39, 0.29) is 41.4 Å². The Morgan fingerprint density at radius 3 is 2.36 bits per heavy atom. The zero-order chi connectivity index (χ0) is 31.2. The standard InChI is InChI=1S/C32H42N4O7S.ClH/c1-44(40,41)29-8-4-3-7-27(29)36-16-13-26(28(37)23-36)33-31(39)32(14-5-2-6-15-32)34-30(38)24-9-11-25(12-10-24)43-22-19-35-17-20-42-21-18-35;/h3-4,7-12,26H,2,5-6,13-23H2,1H3,(H,33,39)(H,34,38);1H. The number of ketones is 1. The van der Waals surface area contributed by atoms with Crippen LogP contribution >= 0.6 is 12.4 Å². The smallest absolute Gasteiger partial charge is 0.252 e. The number of piperidine rings is 1. The molecule has 5 rings (SSSR count). The van der Waals surface area contributed by atoms with Gasteiger partial charge in [-0.3, -0.25) is 19.3 Å². The number of nitrogens with zero attached hydrogens (tertiary/aromatic N) is 2. The minimum absolute atomic E-state index is 0. The van der Waals surface area contributed by atoms with Crippen LogP contribution < -0.4 is 20.3 Å². The summed E-state index contributed by atoms with van der Waals surface area (Å²) in [6, 6.07) is 12.8. The first-order valence-corrected chi connectivity index (χ1v) is 17.3. The van der Waals surface area contributed by atoms with Gasteiger partial charge in [0.15, 0.2) is 15.6 Å². The number of amides is 2. The lowest BCUT2D eigenvalue weighted by Crippen LogP contribution is -2.63. The molecule has 1 unspecified atom stereocenters. The number of morpholine rings is 1. The molecular weight excluding hydrogens is 620 g/mol. The molecule has 0 radical (unpaired) electrons. The van der Waals surface area contributed by atoms with Gasteiger partial charge in [0.2, 0.25) is 5.91 Å². The van der Waals surface area contributed by atoms with Crippen molar-refractivity contribution in [2.75, 3.05) is 63.7 Å². The second-order valence-electron chi connectivity index (χ2n) is 11.9. The predicted molar refractivity (Wildman–Crippen MR) is 173 cm³/mol. The summed E-state index contributed by atoms with van der Waals surface area (Å²) in [6.07, 6.45) is 5.01. The fraction of sp³-hybridized carbons (Fsp3) is 0.531. The molecule has 2 heterocycles. The van der Waals surface area contributed by atoms with Crippen LogP contribution in [0.3, 0.4) is 0 Å².